The first-order valence-corrected chi connectivity index (χ1v) is 6.93. The fraction of sp³-hybridized carbons (Fsp3) is 0.462. The third kappa shape index (κ3) is 3.68. The highest BCUT2D eigenvalue weighted by molar-refractivity contribution is 7.07. The number of thiophene rings is 1. The summed E-state index contributed by atoms with van der Waals surface area (Å²) in [6.07, 6.45) is 1.11. The second-order valence-electron chi connectivity index (χ2n) is 4.28. The minimum absolute atomic E-state index is 0.948. The molecule has 3 nitrogen and oxygen atoms in total. The Kier molecular flexibility index (Phi) is 4.34. The molecule has 0 atom stereocenters. The van der Waals surface area contributed by atoms with Crippen molar-refractivity contribution in [1.82, 2.24) is 15.1 Å². The predicted octanol–water partition coefficient (Wildman–Crippen LogP) is 2.39. The molecule has 0 aromatic carbocycles. The van der Waals surface area contributed by atoms with Crippen LogP contribution in [0.2, 0.25) is 0 Å². The Bertz CT molecular complexity index is 445. The Morgan fingerprint density at radius 2 is 2.24 bits per heavy atom. The third-order valence-electron chi connectivity index (χ3n) is 2.77. The summed E-state index contributed by atoms with van der Waals surface area (Å²) in [4.78, 5) is 0. The van der Waals surface area contributed by atoms with Gasteiger partial charge in [0.05, 0.1) is 12.2 Å². The van der Waals surface area contributed by atoms with E-state index in [1.165, 1.54) is 11.3 Å². The number of rotatable bonds is 6. The van der Waals surface area contributed by atoms with E-state index in [1.807, 2.05) is 6.92 Å². The van der Waals surface area contributed by atoms with Crippen LogP contribution in [0.1, 0.15) is 17.0 Å². The van der Waals surface area contributed by atoms with Crippen molar-refractivity contribution in [2.24, 2.45) is 0 Å². The van der Waals surface area contributed by atoms with Crippen molar-refractivity contribution in [1.29, 1.82) is 0 Å². The topological polar surface area (TPSA) is 29.9 Å². The number of aryl methyl sites for hydroxylation is 2. The van der Waals surface area contributed by atoms with Gasteiger partial charge in [-0.05, 0) is 55.3 Å². The highest BCUT2D eigenvalue weighted by atomic mass is 32.1. The molecule has 17 heavy (non-hydrogen) atoms. The molecule has 92 valence electrons. The van der Waals surface area contributed by atoms with Crippen molar-refractivity contribution in [3.05, 3.63) is 39.8 Å². The minimum atomic E-state index is 0.948. The first-order chi connectivity index (χ1) is 8.25. The summed E-state index contributed by atoms with van der Waals surface area (Å²) in [6, 6.07) is 4.30. The lowest BCUT2D eigenvalue weighted by atomic mass is 10.2. The molecule has 0 aliphatic rings. The average Bonchev–Trinajstić information content (AvgIpc) is 2.89. The zero-order valence-corrected chi connectivity index (χ0v) is 11.3. The monoisotopic (exact) mass is 249 g/mol. The molecule has 2 aromatic rings. The van der Waals surface area contributed by atoms with Crippen LogP contribution in [0.4, 0.5) is 0 Å². The molecular weight excluding hydrogens is 230 g/mol. The summed E-state index contributed by atoms with van der Waals surface area (Å²) in [7, 11) is 0. The molecule has 0 bridgehead atoms. The van der Waals surface area contributed by atoms with E-state index in [-0.39, 0.29) is 0 Å². The van der Waals surface area contributed by atoms with Crippen LogP contribution in [0.15, 0.2) is 22.9 Å². The molecule has 0 saturated heterocycles. The second-order valence-corrected chi connectivity index (χ2v) is 5.06. The molecule has 0 aliphatic heterocycles. The molecule has 2 heterocycles. The van der Waals surface area contributed by atoms with Crippen molar-refractivity contribution >= 4 is 11.3 Å². The smallest absolute Gasteiger partial charge is 0.0596 e. The van der Waals surface area contributed by atoms with Gasteiger partial charge in [0.2, 0.25) is 0 Å². The largest absolute Gasteiger partial charge is 0.315 e. The standard InChI is InChI=1S/C13H19N3S/c1-11-9-12(2)16(15-11)7-6-14-5-3-13-4-8-17-10-13/h4,8-10,14H,3,5-7H2,1-2H3. The zero-order chi connectivity index (χ0) is 12.1. The van der Waals surface area contributed by atoms with Gasteiger partial charge in [-0.3, -0.25) is 4.68 Å². The van der Waals surface area contributed by atoms with Gasteiger partial charge in [-0.2, -0.15) is 16.4 Å². The number of hydrogen-bond donors (Lipinski definition) is 1. The SMILES string of the molecule is Cc1cc(C)n(CCNCCc2ccsc2)n1. The van der Waals surface area contributed by atoms with Crippen LogP contribution in [0.5, 0.6) is 0 Å². The van der Waals surface area contributed by atoms with Gasteiger partial charge in [0.25, 0.3) is 0 Å². The van der Waals surface area contributed by atoms with E-state index in [0.717, 1.165) is 31.7 Å². The van der Waals surface area contributed by atoms with Gasteiger partial charge in [-0.25, -0.2) is 0 Å². The van der Waals surface area contributed by atoms with Crippen molar-refractivity contribution in [3.63, 3.8) is 0 Å². The predicted molar refractivity (Wildman–Crippen MR) is 72.6 cm³/mol. The lowest BCUT2D eigenvalue weighted by Gasteiger charge is -2.06. The summed E-state index contributed by atoms with van der Waals surface area (Å²) >= 11 is 1.76. The first kappa shape index (κ1) is 12.3. The normalized spacial score (nSPS) is 10.9. The molecule has 0 unspecified atom stereocenters. The van der Waals surface area contributed by atoms with Crippen LogP contribution in [0, 0.1) is 13.8 Å². The van der Waals surface area contributed by atoms with E-state index < -0.39 is 0 Å². The quantitative estimate of drug-likeness (QED) is 0.797. The maximum atomic E-state index is 4.44. The molecule has 2 aromatic heterocycles. The number of hydrogen-bond acceptors (Lipinski definition) is 3. The number of aromatic nitrogens is 2. The molecule has 1 N–H and O–H groups in total. The van der Waals surface area contributed by atoms with E-state index in [4.69, 9.17) is 0 Å². The first-order valence-electron chi connectivity index (χ1n) is 5.98. The Hall–Kier alpha value is -1.13. The van der Waals surface area contributed by atoms with Crippen LogP contribution < -0.4 is 5.32 Å². The Labute approximate surface area is 106 Å². The highest BCUT2D eigenvalue weighted by Gasteiger charge is 1.99. The van der Waals surface area contributed by atoms with Crippen molar-refractivity contribution in [2.45, 2.75) is 26.8 Å². The number of nitrogens with one attached hydrogen (secondary N) is 1. The van der Waals surface area contributed by atoms with Gasteiger partial charge in [0.1, 0.15) is 0 Å². The average molecular weight is 249 g/mol. The van der Waals surface area contributed by atoms with Crippen LogP contribution >= 0.6 is 11.3 Å². The maximum Gasteiger partial charge on any atom is 0.0596 e. The Balaban J connectivity index is 1.65. The summed E-state index contributed by atoms with van der Waals surface area (Å²) in [5.74, 6) is 0. The summed E-state index contributed by atoms with van der Waals surface area (Å²) in [6.45, 7) is 7.10. The van der Waals surface area contributed by atoms with Crippen LogP contribution in [0.25, 0.3) is 0 Å². The summed E-state index contributed by atoms with van der Waals surface area (Å²) < 4.78 is 2.06. The second kappa shape index (κ2) is 5.98. The van der Waals surface area contributed by atoms with E-state index in [1.54, 1.807) is 11.3 Å². The summed E-state index contributed by atoms with van der Waals surface area (Å²) in [5, 5.41) is 12.2. The number of nitrogens with zero attached hydrogens (tertiary/aromatic N) is 2. The van der Waals surface area contributed by atoms with Crippen molar-refractivity contribution < 1.29 is 0 Å². The summed E-state index contributed by atoms with van der Waals surface area (Å²) in [5.41, 5.74) is 3.76. The molecule has 2 rings (SSSR count). The van der Waals surface area contributed by atoms with Crippen LogP contribution in [-0.4, -0.2) is 22.9 Å². The molecule has 0 radical (unpaired) electrons. The van der Waals surface area contributed by atoms with Crippen LogP contribution in [0.3, 0.4) is 0 Å². The van der Waals surface area contributed by atoms with Gasteiger partial charge < -0.3 is 5.32 Å². The maximum absolute atomic E-state index is 4.44. The van der Waals surface area contributed by atoms with Gasteiger partial charge >= 0.3 is 0 Å². The van der Waals surface area contributed by atoms with Gasteiger partial charge in [0, 0.05) is 12.2 Å². The van der Waals surface area contributed by atoms with Crippen LogP contribution in [-0.2, 0) is 13.0 Å². The van der Waals surface area contributed by atoms with E-state index >= 15 is 0 Å². The molecule has 0 fully saturated rings. The molecule has 0 amide bonds. The molecular formula is C13H19N3S. The minimum Gasteiger partial charge on any atom is -0.315 e. The Morgan fingerprint density at radius 1 is 1.35 bits per heavy atom. The van der Waals surface area contributed by atoms with E-state index in [9.17, 15) is 0 Å². The lowest BCUT2D eigenvalue weighted by molar-refractivity contribution is 0.544. The van der Waals surface area contributed by atoms with Crippen molar-refractivity contribution in [2.75, 3.05) is 13.1 Å². The van der Waals surface area contributed by atoms with Gasteiger partial charge in [-0.15, -0.1) is 0 Å². The molecule has 4 heteroatoms. The highest BCUT2D eigenvalue weighted by Crippen LogP contribution is 2.05. The molecule has 0 saturated carbocycles. The third-order valence-corrected chi connectivity index (χ3v) is 3.51. The van der Waals surface area contributed by atoms with E-state index in [2.05, 4.69) is 44.9 Å². The molecule has 0 spiro atoms. The fourth-order valence-electron chi connectivity index (χ4n) is 1.88. The molecule has 0 aliphatic carbocycles. The van der Waals surface area contributed by atoms with Gasteiger partial charge in [-0.1, -0.05) is 0 Å². The zero-order valence-electron chi connectivity index (χ0n) is 10.4. The fourth-order valence-corrected chi connectivity index (χ4v) is 2.58. The van der Waals surface area contributed by atoms with Crippen molar-refractivity contribution in [3.8, 4) is 0 Å². The van der Waals surface area contributed by atoms with Gasteiger partial charge in [0.15, 0.2) is 0 Å². The lowest BCUT2D eigenvalue weighted by Crippen LogP contribution is -2.23. The van der Waals surface area contributed by atoms with E-state index in [0.29, 0.717) is 0 Å². The Morgan fingerprint density at radius 3 is 2.88 bits per heavy atom.